The van der Waals surface area contributed by atoms with Gasteiger partial charge in [0, 0.05) is 13.0 Å². The number of carbonyl (C=O) groups excluding carboxylic acids is 4. The number of esters is 1. The molecule has 5 N–H and O–H groups in total. The Bertz CT molecular complexity index is 935. The number of aliphatic hydroxyl groups excluding tert-OH is 1. The smallest absolute Gasteiger partial charge is 0.328 e. The van der Waals surface area contributed by atoms with Crippen LogP contribution >= 0.6 is 0 Å². The maximum atomic E-state index is 13.0. The lowest BCUT2D eigenvalue weighted by molar-refractivity contribution is -0.142. The Morgan fingerprint density at radius 1 is 0.975 bits per heavy atom. The van der Waals surface area contributed by atoms with Crippen LogP contribution < -0.4 is 21.3 Å². The number of amides is 4. The second kappa shape index (κ2) is 17.5. The molecule has 0 aromatic heterocycles. The molecule has 1 aromatic rings. The molecule has 1 saturated carbocycles. The van der Waals surface area contributed by atoms with Gasteiger partial charge in [0.05, 0.1) is 25.7 Å². The second-order valence-electron chi connectivity index (χ2n) is 11.3. The zero-order valence-corrected chi connectivity index (χ0v) is 24.4. The number of benzene rings is 1. The molecule has 40 heavy (non-hydrogen) atoms. The van der Waals surface area contributed by atoms with Gasteiger partial charge in [-0.1, -0.05) is 76.3 Å². The van der Waals surface area contributed by atoms with Crippen LogP contribution in [0.5, 0.6) is 0 Å². The lowest BCUT2D eigenvalue weighted by atomic mass is 9.83. The number of hydrogen-bond donors (Lipinski definition) is 5. The lowest BCUT2D eigenvalue weighted by Crippen LogP contribution is -2.54. The summed E-state index contributed by atoms with van der Waals surface area (Å²) in [5.41, 5.74) is 0.857. The van der Waals surface area contributed by atoms with Gasteiger partial charge in [0.1, 0.15) is 12.1 Å². The van der Waals surface area contributed by atoms with E-state index in [-0.39, 0.29) is 18.7 Å². The van der Waals surface area contributed by atoms with E-state index in [0.29, 0.717) is 24.8 Å². The average molecular weight is 561 g/mol. The summed E-state index contributed by atoms with van der Waals surface area (Å²) in [5, 5.41) is 22.0. The molecule has 224 valence electrons. The van der Waals surface area contributed by atoms with Crippen LogP contribution in [0.3, 0.4) is 0 Å². The summed E-state index contributed by atoms with van der Waals surface area (Å²) < 4.78 is 4.89. The average Bonchev–Trinajstić information content (AvgIpc) is 2.92. The summed E-state index contributed by atoms with van der Waals surface area (Å²) in [6.07, 6.45) is 5.47. The van der Waals surface area contributed by atoms with E-state index in [1.165, 1.54) is 7.11 Å². The fraction of sp³-hybridized carbons (Fsp3) is 0.667. The SMILES string of the molecule is COC(=O)[C@H](Cc1ccccc1)NC(=O)N[C@@H](CC1CCCCC1)[C@@H](O)CC(=O)N[C@@H](C)C(=O)NCCC(C)C. The van der Waals surface area contributed by atoms with Crippen molar-refractivity contribution < 1.29 is 29.0 Å². The normalized spacial score (nSPS) is 16.8. The highest BCUT2D eigenvalue weighted by atomic mass is 16.5. The van der Waals surface area contributed by atoms with Gasteiger partial charge in [-0.25, -0.2) is 9.59 Å². The van der Waals surface area contributed by atoms with Gasteiger partial charge in [-0.05, 0) is 37.2 Å². The van der Waals surface area contributed by atoms with Crippen LogP contribution in [0, 0.1) is 11.8 Å². The zero-order valence-electron chi connectivity index (χ0n) is 24.4. The van der Waals surface area contributed by atoms with Crippen molar-refractivity contribution in [1.29, 1.82) is 0 Å². The van der Waals surface area contributed by atoms with E-state index < -0.39 is 42.1 Å². The van der Waals surface area contributed by atoms with Gasteiger partial charge in [0.25, 0.3) is 0 Å². The quantitative estimate of drug-likeness (QED) is 0.209. The molecule has 0 spiro atoms. The Hall–Kier alpha value is -3.14. The minimum atomic E-state index is -1.17. The maximum absolute atomic E-state index is 13.0. The third-order valence-corrected chi connectivity index (χ3v) is 7.35. The molecule has 10 nitrogen and oxygen atoms in total. The molecule has 0 radical (unpaired) electrons. The summed E-state index contributed by atoms with van der Waals surface area (Å²) in [7, 11) is 1.26. The van der Waals surface area contributed by atoms with Crippen LogP contribution in [-0.4, -0.2) is 66.8 Å². The number of carbonyl (C=O) groups is 4. The zero-order chi connectivity index (χ0) is 29.5. The summed E-state index contributed by atoms with van der Waals surface area (Å²) in [4.78, 5) is 50.4. The van der Waals surface area contributed by atoms with Crippen LogP contribution in [-0.2, 0) is 25.5 Å². The summed E-state index contributed by atoms with van der Waals surface area (Å²) in [6.45, 7) is 6.25. The van der Waals surface area contributed by atoms with Gasteiger partial charge in [-0.3, -0.25) is 9.59 Å². The van der Waals surface area contributed by atoms with Crippen LogP contribution in [0.1, 0.15) is 77.7 Å². The van der Waals surface area contributed by atoms with Crippen molar-refractivity contribution in [2.24, 2.45) is 11.8 Å². The van der Waals surface area contributed by atoms with Crippen LogP contribution in [0.15, 0.2) is 30.3 Å². The van der Waals surface area contributed by atoms with Gasteiger partial charge in [-0.2, -0.15) is 0 Å². The highest BCUT2D eigenvalue weighted by molar-refractivity contribution is 5.87. The Morgan fingerprint density at radius 2 is 1.65 bits per heavy atom. The highest BCUT2D eigenvalue weighted by Gasteiger charge is 2.30. The van der Waals surface area contributed by atoms with Crippen molar-refractivity contribution in [3.8, 4) is 0 Å². The van der Waals surface area contributed by atoms with Crippen molar-refractivity contribution in [3.63, 3.8) is 0 Å². The summed E-state index contributed by atoms with van der Waals surface area (Å²) >= 11 is 0. The predicted octanol–water partition coefficient (Wildman–Crippen LogP) is 2.83. The maximum Gasteiger partial charge on any atom is 0.328 e. The molecule has 0 heterocycles. The van der Waals surface area contributed by atoms with Crippen molar-refractivity contribution in [3.05, 3.63) is 35.9 Å². The number of aliphatic hydroxyl groups is 1. The first-order chi connectivity index (χ1) is 19.1. The molecule has 0 saturated heterocycles. The summed E-state index contributed by atoms with van der Waals surface area (Å²) in [6, 6.07) is 6.28. The molecule has 0 bridgehead atoms. The number of rotatable bonds is 15. The van der Waals surface area contributed by atoms with Crippen LogP contribution in [0.2, 0.25) is 0 Å². The Balaban J connectivity index is 2.01. The molecule has 1 aliphatic carbocycles. The van der Waals surface area contributed by atoms with Crippen molar-refractivity contribution in [2.75, 3.05) is 13.7 Å². The van der Waals surface area contributed by atoms with Crippen LogP contribution in [0.4, 0.5) is 4.79 Å². The Kier molecular flexibility index (Phi) is 14.5. The Labute approximate surface area is 238 Å². The first-order valence-electron chi connectivity index (χ1n) is 14.5. The minimum absolute atomic E-state index is 0.246. The molecule has 1 aliphatic rings. The molecule has 2 rings (SSSR count). The molecule has 0 aliphatic heterocycles. The molecular weight excluding hydrogens is 512 g/mol. The first kappa shape index (κ1) is 33.1. The number of hydrogen-bond acceptors (Lipinski definition) is 6. The van der Waals surface area contributed by atoms with E-state index in [2.05, 4.69) is 35.1 Å². The number of methoxy groups -OCH3 is 1. The molecular formula is C30H48N4O6. The largest absolute Gasteiger partial charge is 0.467 e. The van der Waals surface area contributed by atoms with Crippen LogP contribution in [0.25, 0.3) is 0 Å². The number of urea groups is 1. The molecule has 0 unspecified atom stereocenters. The van der Waals surface area contributed by atoms with E-state index in [1.807, 2.05) is 30.3 Å². The topological polar surface area (TPSA) is 146 Å². The van der Waals surface area contributed by atoms with E-state index in [4.69, 9.17) is 4.74 Å². The van der Waals surface area contributed by atoms with Crippen molar-refractivity contribution in [2.45, 2.75) is 103 Å². The van der Waals surface area contributed by atoms with Gasteiger partial charge in [-0.15, -0.1) is 0 Å². The Morgan fingerprint density at radius 3 is 2.27 bits per heavy atom. The van der Waals surface area contributed by atoms with Gasteiger partial charge in [0.2, 0.25) is 11.8 Å². The fourth-order valence-corrected chi connectivity index (χ4v) is 4.98. The van der Waals surface area contributed by atoms with E-state index >= 15 is 0 Å². The standard InChI is InChI=1S/C30H48N4O6/c1-20(2)15-16-31-28(37)21(3)32-27(36)19-26(35)24(17-22-11-7-5-8-12-22)33-30(39)34-25(29(38)40-4)18-23-13-9-6-10-14-23/h6,9-10,13-14,20-22,24-26,35H,5,7-8,11-12,15-19H2,1-4H3,(H,31,37)(H,32,36)(H2,33,34,39)/t21-,24-,25-,26-/m0/s1. The van der Waals surface area contributed by atoms with E-state index in [0.717, 1.165) is 44.1 Å². The minimum Gasteiger partial charge on any atom is -0.467 e. The molecule has 4 amide bonds. The number of ether oxygens (including phenoxy) is 1. The van der Waals surface area contributed by atoms with Gasteiger partial charge in [0.15, 0.2) is 0 Å². The molecule has 10 heteroatoms. The monoisotopic (exact) mass is 560 g/mol. The second-order valence-corrected chi connectivity index (χ2v) is 11.3. The van der Waals surface area contributed by atoms with Gasteiger partial charge >= 0.3 is 12.0 Å². The number of nitrogens with one attached hydrogen (secondary N) is 4. The van der Waals surface area contributed by atoms with Crippen molar-refractivity contribution >= 4 is 23.8 Å². The van der Waals surface area contributed by atoms with Gasteiger partial charge < -0.3 is 31.1 Å². The third kappa shape index (κ3) is 12.4. The lowest BCUT2D eigenvalue weighted by Gasteiger charge is -2.30. The van der Waals surface area contributed by atoms with E-state index in [1.54, 1.807) is 6.92 Å². The third-order valence-electron chi connectivity index (χ3n) is 7.35. The predicted molar refractivity (Wildman–Crippen MR) is 153 cm³/mol. The molecule has 1 fully saturated rings. The first-order valence-corrected chi connectivity index (χ1v) is 14.5. The highest BCUT2D eigenvalue weighted by Crippen LogP contribution is 2.28. The van der Waals surface area contributed by atoms with E-state index in [9.17, 15) is 24.3 Å². The summed E-state index contributed by atoms with van der Waals surface area (Å²) in [5.74, 6) is -0.586. The molecule has 1 aromatic carbocycles. The fourth-order valence-electron chi connectivity index (χ4n) is 4.98. The molecule has 4 atom stereocenters. The van der Waals surface area contributed by atoms with Crippen molar-refractivity contribution in [1.82, 2.24) is 21.3 Å².